The van der Waals surface area contributed by atoms with Crippen LogP contribution in [0.3, 0.4) is 0 Å². The number of benzene rings is 3. The number of ketones is 1. The van der Waals surface area contributed by atoms with Crippen molar-refractivity contribution in [3.63, 3.8) is 0 Å². The highest BCUT2D eigenvalue weighted by molar-refractivity contribution is 6.09. The molecule has 0 aliphatic rings. The van der Waals surface area contributed by atoms with E-state index in [0.29, 0.717) is 22.7 Å². The molecular weight excluding hydrogens is 376 g/mol. The molecule has 148 valence electrons. The van der Waals surface area contributed by atoms with Gasteiger partial charge in [0.1, 0.15) is 11.5 Å². The highest BCUT2D eigenvalue weighted by atomic mass is 16.5. The summed E-state index contributed by atoms with van der Waals surface area (Å²) >= 11 is 0. The first-order chi connectivity index (χ1) is 14.7. The van der Waals surface area contributed by atoms with Gasteiger partial charge in [0.25, 0.3) is 0 Å². The van der Waals surface area contributed by atoms with Gasteiger partial charge in [-0.15, -0.1) is 0 Å². The molecule has 5 nitrogen and oxygen atoms in total. The fourth-order valence-corrected chi connectivity index (χ4v) is 3.23. The lowest BCUT2D eigenvalue weighted by molar-refractivity contribution is -0.116. The smallest absolute Gasteiger partial charge is 0.224 e. The molecule has 0 unspecified atom stereocenters. The average Bonchev–Trinajstić information content (AvgIpc) is 2.78. The van der Waals surface area contributed by atoms with Crippen LogP contribution in [0.4, 0.5) is 5.69 Å². The summed E-state index contributed by atoms with van der Waals surface area (Å²) in [5.74, 6) is 1.00. The third kappa shape index (κ3) is 4.70. The van der Waals surface area contributed by atoms with Crippen molar-refractivity contribution in [3.8, 4) is 11.5 Å². The number of Topliss-reactive ketones (excluding diaryl/α,β-unsaturated/α-hetero) is 1. The van der Waals surface area contributed by atoms with E-state index in [2.05, 4.69) is 10.3 Å². The molecule has 0 aliphatic carbocycles. The highest BCUT2D eigenvalue weighted by Gasteiger charge is 2.12. The van der Waals surface area contributed by atoms with Gasteiger partial charge < -0.3 is 10.1 Å². The van der Waals surface area contributed by atoms with Crippen molar-refractivity contribution in [2.75, 3.05) is 5.32 Å². The number of nitrogens with one attached hydrogen (secondary N) is 1. The van der Waals surface area contributed by atoms with Crippen LogP contribution in [0.5, 0.6) is 11.5 Å². The molecule has 4 rings (SSSR count). The van der Waals surface area contributed by atoms with Gasteiger partial charge in [-0.25, -0.2) is 0 Å². The first kappa shape index (κ1) is 19.3. The van der Waals surface area contributed by atoms with E-state index >= 15 is 0 Å². The number of aromatic nitrogens is 1. The number of rotatable bonds is 7. The molecule has 0 atom stereocenters. The fraction of sp³-hybridized carbons (Fsp3) is 0.0800. The molecule has 0 saturated heterocycles. The summed E-state index contributed by atoms with van der Waals surface area (Å²) in [6.45, 7) is 0. The second kappa shape index (κ2) is 9.01. The predicted molar refractivity (Wildman–Crippen MR) is 117 cm³/mol. The van der Waals surface area contributed by atoms with Crippen molar-refractivity contribution in [2.45, 2.75) is 12.8 Å². The van der Waals surface area contributed by atoms with Gasteiger partial charge in [-0.2, -0.15) is 0 Å². The standard InChI is InChI=1S/C25H20N2O3/c28-24(23-10-3-6-18-5-1-2-9-22(18)23)11-12-25(29)27-19-7-4-8-21(17-19)30-20-13-15-26-16-14-20/h1-10,13-17H,11-12H2,(H,27,29). The average molecular weight is 396 g/mol. The van der Waals surface area contributed by atoms with Crippen LogP contribution in [-0.2, 0) is 4.79 Å². The van der Waals surface area contributed by atoms with Gasteiger partial charge in [-0.3, -0.25) is 14.6 Å². The zero-order chi connectivity index (χ0) is 20.8. The summed E-state index contributed by atoms with van der Waals surface area (Å²) in [7, 11) is 0. The summed E-state index contributed by atoms with van der Waals surface area (Å²) in [5.41, 5.74) is 1.26. The van der Waals surface area contributed by atoms with E-state index < -0.39 is 0 Å². The van der Waals surface area contributed by atoms with Gasteiger partial charge in [0.05, 0.1) is 0 Å². The van der Waals surface area contributed by atoms with Gasteiger partial charge in [-0.1, -0.05) is 48.5 Å². The highest BCUT2D eigenvalue weighted by Crippen LogP contribution is 2.24. The summed E-state index contributed by atoms with van der Waals surface area (Å²) in [4.78, 5) is 29.0. The number of hydrogen-bond donors (Lipinski definition) is 1. The lowest BCUT2D eigenvalue weighted by Crippen LogP contribution is -2.13. The first-order valence-corrected chi connectivity index (χ1v) is 9.68. The number of pyridine rings is 1. The molecule has 0 aliphatic heterocycles. The number of carbonyl (C=O) groups is 2. The molecule has 1 heterocycles. The Hall–Kier alpha value is -3.99. The molecule has 0 saturated carbocycles. The molecule has 1 amide bonds. The van der Waals surface area contributed by atoms with E-state index in [1.807, 2.05) is 42.5 Å². The maximum Gasteiger partial charge on any atom is 0.224 e. The van der Waals surface area contributed by atoms with E-state index in [1.165, 1.54) is 0 Å². The minimum absolute atomic E-state index is 0.0447. The van der Waals surface area contributed by atoms with Crippen molar-refractivity contribution in [1.29, 1.82) is 0 Å². The second-order valence-electron chi connectivity index (χ2n) is 6.81. The lowest BCUT2D eigenvalue weighted by atomic mass is 9.99. The van der Waals surface area contributed by atoms with Gasteiger partial charge >= 0.3 is 0 Å². The summed E-state index contributed by atoms with van der Waals surface area (Å²) in [6, 6.07) is 24.0. The molecule has 0 spiro atoms. The number of amides is 1. The van der Waals surface area contributed by atoms with Crippen molar-refractivity contribution in [1.82, 2.24) is 4.98 Å². The van der Waals surface area contributed by atoms with Crippen LogP contribution in [0.2, 0.25) is 0 Å². The Morgan fingerprint density at radius 2 is 1.57 bits per heavy atom. The molecular formula is C25H20N2O3. The Bertz CT molecular complexity index is 1180. The fourth-order valence-electron chi connectivity index (χ4n) is 3.23. The Morgan fingerprint density at radius 1 is 0.800 bits per heavy atom. The van der Waals surface area contributed by atoms with Gasteiger partial charge in [0, 0.05) is 42.6 Å². The Kier molecular flexibility index (Phi) is 5.80. The van der Waals surface area contributed by atoms with Crippen molar-refractivity contribution in [2.24, 2.45) is 0 Å². The molecule has 4 aromatic rings. The predicted octanol–water partition coefficient (Wildman–Crippen LogP) is 5.63. The number of hydrogen-bond acceptors (Lipinski definition) is 4. The van der Waals surface area contributed by atoms with Crippen LogP contribution >= 0.6 is 0 Å². The Morgan fingerprint density at radius 3 is 2.43 bits per heavy atom. The Labute approximate surface area is 174 Å². The Balaban J connectivity index is 1.37. The number of anilines is 1. The summed E-state index contributed by atoms with van der Waals surface area (Å²) < 4.78 is 5.75. The van der Waals surface area contributed by atoms with Crippen molar-refractivity contribution >= 4 is 28.2 Å². The van der Waals surface area contributed by atoms with Crippen LogP contribution in [0.25, 0.3) is 10.8 Å². The largest absolute Gasteiger partial charge is 0.457 e. The number of fused-ring (bicyclic) bond motifs is 1. The van der Waals surface area contributed by atoms with Crippen LogP contribution in [-0.4, -0.2) is 16.7 Å². The minimum Gasteiger partial charge on any atom is -0.457 e. The quantitative estimate of drug-likeness (QED) is 0.411. The van der Waals surface area contributed by atoms with Gasteiger partial charge in [0.2, 0.25) is 5.91 Å². The zero-order valence-corrected chi connectivity index (χ0v) is 16.2. The third-order valence-corrected chi connectivity index (χ3v) is 4.67. The topological polar surface area (TPSA) is 68.3 Å². The zero-order valence-electron chi connectivity index (χ0n) is 16.2. The van der Waals surface area contributed by atoms with Crippen LogP contribution in [0.15, 0.2) is 91.3 Å². The monoisotopic (exact) mass is 396 g/mol. The maximum atomic E-state index is 12.7. The molecule has 0 radical (unpaired) electrons. The van der Waals surface area contributed by atoms with E-state index in [0.717, 1.165) is 10.8 Å². The van der Waals surface area contributed by atoms with Gasteiger partial charge in [-0.05, 0) is 35.0 Å². The first-order valence-electron chi connectivity index (χ1n) is 9.68. The van der Waals surface area contributed by atoms with Crippen molar-refractivity contribution < 1.29 is 14.3 Å². The molecule has 1 N–H and O–H groups in total. The van der Waals surface area contributed by atoms with Gasteiger partial charge in [0.15, 0.2) is 5.78 Å². The molecule has 0 bridgehead atoms. The molecule has 1 aromatic heterocycles. The molecule has 3 aromatic carbocycles. The maximum absolute atomic E-state index is 12.7. The van der Waals surface area contributed by atoms with Crippen LogP contribution in [0.1, 0.15) is 23.2 Å². The molecule has 5 heteroatoms. The van der Waals surface area contributed by atoms with E-state index in [9.17, 15) is 9.59 Å². The summed E-state index contributed by atoms with van der Waals surface area (Å²) in [5, 5.41) is 4.75. The third-order valence-electron chi connectivity index (χ3n) is 4.67. The minimum atomic E-state index is -0.218. The lowest BCUT2D eigenvalue weighted by Gasteiger charge is -2.09. The number of ether oxygens (including phenoxy) is 1. The van der Waals surface area contributed by atoms with E-state index in [4.69, 9.17) is 4.74 Å². The normalized spacial score (nSPS) is 10.5. The van der Waals surface area contributed by atoms with E-state index in [-0.39, 0.29) is 24.5 Å². The van der Waals surface area contributed by atoms with Crippen molar-refractivity contribution in [3.05, 3.63) is 96.8 Å². The van der Waals surface area contributed by atoms with Crippen LogP contribution < -0.4 is 10.1 Å². The van der Waals surface area contributed by atoms with E-state index in [1.54, 1.807) is 48.8 Å². The molecule has 0 fully saturated rings. The molecule has 30 heavy (non-hydrogen) atoms. The SMILES string of the molecule is O=C(CCC(=O)c1cccc2ccccc12)Nc1cccc(Oc2ccncc2)c1. The second-order valence-corrected chi connectivity index (χ2v) is 6.81. The summed E-state index contributed by atoms with van der Waals surface area (Å²) in [6.07, 6.45) is 3.55. The number of carbonyl (C=O) groups excluding carboxylic acids is 2. The van der Waals surface area contributed by atoms with Crippen LogP contribution in [0, 0.1) is 0 Å². The number of nitrogens with zero attached hydrogens (tertiary/aromatic N) is 1.